The molecule has 94 valence electrons. The lowest BCUT2D eigenvalue weighted by Gasteiger charge is -2.34. The Morgan fingerprint density at radius 2 is 2.22 bits per heavy atom. The zero-order valence-electron chi connectivity index (χ0n) is 9.55. The predicted octanol–water partition coefficient (Wildman–Crippen LogP) is 1.23. The van der Waals surface area contributed by atoms with Crippen LogP contribution in [0.1, 0.15) is 34.8 Å². The molecule has 2 aromatic heterocycles. The molecule has 0 aliphatic heterocycles. The second-order valence-electron chi connectivity index (χ2n) is 4.46. The van der Waals surface area contributed by atoms with Gasteiger partial charge in [-0.1, -0.05) is 5.16 Å². The molecule has 1 fully saturated rings. The van der Waals surface area contributed by atoms with Gasteiger partial charge in [0.2, 0.25) is 0 Å². The number of hydrogen-bond acceptors (Lipinski definition) is 6. The maximum Gasteiger partial charge on any atom is 0.268 e. The second-order valence-corrected chi connectivity index (χ2v) is 5.54. The molecule has 0 saturated heterocycles. The summed E-state index contributed by atoms with van der Waals surface area (Å²) in [5.41, 5.74) is 10.9. The summed E-state index contributed by atoms with van der Waals surface area (Å²) in [7, 11) is 0. The minimum atomic E-state index is -0.458. The summed E-state index contributed by atoms with van der Waals surface area (Å²) in [5.74, 6) is 0.470. The van der Waals surface area contributed by atoms with Gasteiger partial charge in [-0.2, -0.15) is 4.98 Å². The molecule has 1 saturated carbocycles. The summed E-state index contributed by atoms with van der Waals surface area (Å²) in [6, 6.07) is 3.39. The highest BCUT2D eigenvalue weighted by Crippen LogP contribution is 2.38. The molecule has 2 aromatic rings. The molecule has 3 rings (SSSR count). The van der Waals surface area contributed by atoms with Crippen molar-refractivity contribution in [3.8, 4) is 10.8 Å². The quantitative estimate of drug-likeness (QED) is 0.866. The molecular formula is C11H12N4O2S. The van der Waals surface area contributed by atoms with Crippen molar-refractivity contribution in [2.24, 2.45) is 11.5 Å². The summed E-state index contributed by atoms with van der Waals surface area (Å²) in [4.78, 5) is 16.5. The number of amides is 1. The molecule has 0 bridgehead atoms. The van der Waals surface area contributed by atoms with Crippen LogP contribution < -0.4 is 11.5 Å². The smallest absolute Gasteiger partial charge is 0.268 e. The fraction of sp³-hybridized carbons (Fsp3) is 0.364. The summed E-state index contributed by atoms with van der Waals surface area (Å²) < 4.78 is 5.18. The van der Waals surface area contributed by atoms with E-state index in [9.17, 15) is 4.79 Å². The zero-order valence-corrected chi connectivity index (χ0v) is 10.4. The SMILES string of the molecule is NC(=O)c1ccc(-c2nc(C3(N)CCC3)no2)s1. The van der Waals surface area contributed by atoms with Crippen LogP contribution >= 0.6 is 11.3 Å². The van der Waals surface area contributed by atoms with Gasteiger partial charge in [0.1, 0.15) is 0 Å². The van der Waals surface area contributed by atoms with E-state index in [1.54, 1.807) is 12.1 Å². The third-order valence-corrected chi connectivity index (χ3v) is 4.26. The van der Waals surface area contributed by atoms with E-state index in [2.05, 4.69) is 10.1 Å². The third-order valence-electron chi connectivity index (χ3n) is 3.18. The molecule has 0 atom stereocenters. The lowest BCUT2D eigenvalue weighted by Crippen LogP contribution is -2.44. The molecule has 1 aliphatic carbocycles. The second kappa shape index (κ2) is 3.89. The van der Waals surface area contributed by atoms with Crippen molar-refractivity contribution >= 4 is 17.2 Å². The number of rotatable bonds is 3. The van der Waals surface area contributed by atoms with Gasteiger partial charge in [-0.25, -0.2) is 0 Å². The first-order valence-corrected chi connectivity index (χ1v) is 6.43. The number of thiophene rings is 1. The normalized spacial score (nSPS) is 17.4. The van der Waals surface area contributed by atoms with Crippen LogP contribution in [-0.4, -0.2) is 16.0 Å². The van der Waals surface area contributed by atoms with E-state index in [4.69, 9.17) is 16.0 Å². The summed E-state index contributed by atoms with van der Waals surface area (Å²) >= 11 is 1.23. The number of primary amides is 1. The standard InChI is InChI=1S/C11H12N4O2S/c12-8(16)6-2-3-7(18-6)9-14-10(15-17-9)11(13)4-1-5-11/h2-3H,1,4-5,13H2,(H2,12,16). The number of aromatic nitrogens is 2. The molecule has 18 heavy (non-hydrogen) atoms. The van der Waals surface area contributed by atoms with Crippen LogP contribution in [0.2, 0.25) is 0 Å². The van der Waals surface area contributed by atoms with E-state index in [0.717, 1.165) is 24.1 Å². The van der Waals surface area contributed by atoms with E-state index in [-0.39, 0.29) is 0 Å². The van der Waals surface area contributed by atoms with Crippen LogP contribution in [0.5, 0.6) is 0 Å². The first-order valence-electron chi connectivity index (χ1n) is 5.62. The van der Waals surface area contributed by atoms with Crippen molar-refractivity contribution in [2.75, 3.05) is 0 Å². The average molecular weight is 264 g/mol. The number of nitrogens with zero attached hydrogens (tertiary/aromatic N) is 2. The number of nitrogens with two attached hydrogens (primary N) is 2. The minimum absolute atomic E-state index is 0.388. The largest absolute Gasteiger partial charge is 0.365 e. The van der Waals surface area contributed by atoms with Crippen LogP contribution in [0.15, 0.2) is 16.7 Å². The number of hydrogen-bond donors (Lipinski definition) is 2. The Hall–Kier alpha value is -1.73. The van der Waals surface area contributed by atoms with Crippen molar-refractivity contribution in [2.45, 2.75) is 24.8 Å². The predicted molar refractivity (Wildman–Crippen MR) is 65.8 cm³/mol. The minimum Gasteiger partial charge on any atom is -0.365 e. The summed E-state index contributed by atoms with van der Waals surface area (Å²) in [5, 5.41) is 3.92. The van der Waals surface area contributed by atoms with Crippen molar-refractivity contribution in [1.82, 2.24) is 10.1 Å². The van der Waals surface area contributed by atoms with Gasteiger partial charge in [0.25, 0.3) is 11.8 Å². The maximum atomic E-state index is 11.0. The van der Waals surface area contributed by atoms with Gasteiger partial charge in [0, 0.05) is 0 Å². The highest BCUT2D eigenvalue weighted by molar-refractivity contribution is 7.17. The first-order chi connectivity index (χ1) is 8.58. The van der Waals surface area contributed by atoms with Gasteiger partial charge in [0.15, 0.2) is 5.82 Å². The maximum absolute atomic E-state index is 11.0. The van der Waals surface area contributed by atoms with E-state index < -0.39 is 11.4 Å². The van der Waals surface area contributed by atoms with Gasteiger partial charge in [0.05, 0.1) is 15.3 Å². The lowest BCUT2D eigenvalue weighted by molar-refractivity contribution is 0.100. The molecule has 1 aliphatic rings. The van der Waals surface area contributed by atoms with Crippen LogP contribution in [0.25, 0.3) is 10.8 Å². The zero-order chi connectivity index (χ0) is 12.8. The fourth-order valence-corrected chi connectivity index (χ4v) is 2.67. The molecule has 1 amide bonds. The van der Waals surface area contributed by atoms with E-state index in [1.807, 2.05) is 0 Å². The van der Waals surface area contributed by atoms with Crippen molar-refractivity contribution in [1.29, 1.82) is 0 Å². The summed E-state index contributed by atoms with van der Waals surface area (Å²) in [6.07, 6.45) is 2.84. The molecule has 2 heterocycles. The highest BCUT2D eigenvalue weighted by atomic mass is 32.1. The molecular weight excluding hydrogens is 252 g/mol. The van der Waals surface area contributed by atoms with Gasteiger partial charge in [-0.15, -0.1) is 11.3 Å². The van der Waals surface area contributed by atoms with E-state index in [1.165, 1.54) is 11.3 Å². The van der Waals surface area contributed by atoms with Crippen molar-refractivity contribution in [3.63, 3.8) is 0 Å². The molecule has 0 unspecified atom stereocenters. The Morgan fingerprint density at radius 3 is 2.78 bits per heavy atom. The van der Waals surface area contributed by atoms with E-state index >= 15 is 0 Å². The molecule has 7 heteroatoms. The van der Waals surface area contributed by atoms with Gasteiger partial charge in [-0.05, 0) is 31.4 Å². The van der Waals surface area contributed by atoms with Crippen LogP contribution in [0.3, 0.4) is 0 Å². The van der Waals surface area contributed by atoms with Crippen molar-refractivity contribution in [3.05, 3.63) is 22.8 Å². The molecule has 0 radical (unpaired) electrons. The molecule has 4 N–H and O–H groups in total. The van der Waals surface area contributed by atoms with Crippen LogP contribution in [0, 0.1) is 0 Å². The third kappa shape index (κ3) is 1.72. The molecule has 6 nitrogen and oxygen atoms in total. The first kappa shape index (κ1) is 11.4. The Balaban J connectivity index is 1.90. The summed E-state index contributed by atoms with van der Waals surface area (Å²) in [6.45, 7) is 0. The number of carbonyl (C=O) groups excluding carboxylic acids is 1. The Kier molecular flexibility index (Phi) is 2.46. The fourth-order valence-electron chi connectivity index (χ4n) is 1.89. The van der Waals surface area contributed by atoms with Crippen molar-refractivity contribution < 1.29 is 9.32 Å². The Bertz CT molecular complexity index is 600. The van der Waals surface area contributed by atoms with Gasteiger partial charge < -0.3 is 16.0 Å². The monoisotopic (exact) mass is 264 g/mol. The van der Waals surface area contributed by atoms with Crippen LogP contribution in [0.4, 0.5) is 0 Å². The lowest BCUT2D eigenvalue weighted by atomic mass is 9.77. The average Bonchev–Trinajstić information content (AvgIpc) is 2.94. The molecule has 0 spiro atoms. The van der Waals surface area contributed by atoms with Gasteiger partial charge in [-0.3, -0.25) is 4.79 Å². The molecule has 0 aromatic carbocycles. The van der Waals surface area contributed by atoms with E-state index in [0.29, 0.717) is 16.6 Å². The Morgan fingerprint density at radius 1 is 1.44 bits per heavy atom. The topological polar surface area (TPSA) is 108 Å². The number of carbonyl (C=O) groups is 1. The Labute approximate surface area is 107 Å². The van der Waals surface area contributed by atoms with Gasteiger partial charge >= 0.3 is 0 Å². The van der Waals surface area contributed by atoms with Crippen LogP contribution in [-0.2, 0) is 5.54 Å². The highest BCUT2D eigenvalue weighted by Gasteiger charge is 2.39.